The molecule has 12 heteroatoms. The van der Waals surface area contributed by atoms with Crippen molar-refractivity contribution in [3.05, 3.63) is 81.0 Å². The summed E-state index contributed by atoms with van der Waals surface area (Å²) in [5.74, 6) is -0.450. The highest BCUT2D eigenvalue weighted by molar-refractivity contribution is 7.99. The number of aromatic nitrogens is 5. The predicted molar refractivity (Wildman–Crippen MR) is 134 cm³/mol. The van der Waals surface area contributed by atoms with Crippen molar-refractivity contribution >= 4 is 55.7 Å². The number of nitrogens with zero attached hydrogens (tertiary/aromatic N) is 5. The van der Waals surface area contributed by atoms with Crippen molar-refractivity contribution in [2.24, 2.45) is 0 Å². The van der Waals surface area contributed by atoms with Gasteiger partial charge in [0.1, 0.15) is 5.82 Å². The van der Waals surface area contributed by atoms with Gasteiger partial charge in [0.25, 0.3) is 5.56 Å². The summed E-state index contributed by atoms with van der Waals surface area (Å²) < 4.78 is 4.21. The van der Waals surface area contributed by atoms with Crippen LogP contribution in [0.25, 0.3) is 15.2 Å². The number of carbonyl (C=O) groups is 1. The molecule has 0 bridgehead atoms. The van der Waals surface area contributed by atoms with Crippen LogP contribution in [0, 0.1) is 0 Å². The fourth-order valence-electron chi connectivity index (χ4n) is 3.62. The van der Waals surface area contributed by atoms with Crippen LogP contribution in [0.3, 0.4) is 0 Å². The molecule has 0 aliphatic heterocycles. The molecule has 5 rings (SSSR count). The van der Waals surface area contributed by atoms with Gasteiger partial charge in [0.05, 0.1) is 22.5 Å². The number of para-hydroxylation sites is 1. The number of H-pyrrole nitrogens is 1. The van der Waals surface area contributed by atoms with Crippen LogP contribution in [0.5, 0.6) is 0 Å². The lowest BCUT2D eigenvalue weighted by molar-refractivity contribution is -0.115. The third-order valence-electron chi connectivity index (χ3n) is 5.34. The van der Waals surface area contributed by atoms with Gasteiger partial charge in [-0.15, -0.1) is 10.2 Å². The van der Waals surface area contributed by atoms with Crippen molar-refractivity contribution in [1.82, 2.24) is 24.1 Å². The SMILES string of the molecule is CN(C(=O)CSc1nnc2sc3ccccc3n12)c1c(N)n(Cc2ccccc2)c(=O)[nH]c1=O. The lowest BCUT2D eigenvalue weighted by atomic mass is 10.2. The first kappa shape index (κ1) is 21.9. The maximum atomic E-state index is 13.0. The summed E-state index contributed by atoms with van der Waals surface area (Å²) in [7, 11) is 1.46. The van der Waals surface area contributed by atoms with Crippen LogP contribution in [0.4, 0.5) is 11.5 Å². The molecule has 0 aliphatic carbocycles. The van der Waals surface area contributed by atoms with Crippen LogP contribution in [-0.4, -0.2) is 42.9 Å². The van der Waals surface area contributed by atoms with Crippen molar-refractivity contribution < 1.29 is 4.79 Å². The molecule has 0 unspecified atom stereocenters. The molecule has 2 aromatic carbocycles. The maximum Gasteiger partial charge on any atom is 0.330 e. The van der Waals surface area contributed by atoms with Gasteiger partial charge in [-0.3, -0.25) is 23.5 Å². The molecule has 3 heterocycles. The van der Waals surface area contributed by atoms with Crippen LogP contribution < -0.4 is 21.9 Å². The van der Waals surface area contributed by atoms with E-state index in [1.54, 1.807) is 0 Å². The normalized spacial score (nSPS) is 11.3. The Kier molecular flexibility index (Phi) is 5.67. The van der Waals surface area contributed by atoms with E-state index in [9.17, 15) is 14.4 Å². The number of rotatable bonds is 6. The zero-order valence-electron chi connectivity index (χ0n) is 18.0. The first-order valence-corrected chi connectivity index (χ1v) is 12.0. The Bertz CT molecular complexity index is 1640. The number of benzene rings is 2. The molecule has 0 spiro atoms. The first-order chi connectivity index (χ1) is 16.4. The van der Waals surface area contributed by atoms with Crippen LogP contribution in [0.2, 0.25) is 0 Å². The van der Waals surface area contributed by atoms with Gasteiger partial charge in [-0.1, -0.05) is 65.6 Å². The predicted octanol–water partition coefficient (Wildman–Crippen LogP) is 2.18. The molecule has 0 aliphatic rings. The summed E-state index contributed by atoms with van der Waals surface area (Å²) in [6, 6.07) is 17.1. The number of fused-ring (bicyclic) bond motifs is 3. The van der Waals surface area contributed by atoms with E-state index >= 15 is 0 Å². The quantitative estimate of drug-likeness (QED) is 0.347. The van der Waals surface area contributed by atoms with Gasteiger partial charge < -0.3 is 10.6 Å². The number of aromatic amines is 1. The van der Waals surface area contributed by atoms with E-state index < -0.39 is 11.2 Å². The summed E-state index contributed by atoms with van der Waals surface area (Å²) in [6.45, 7) is 0.162. The number of thioether (sulfide) groups is 1. The Morgan fingerprint density at radius 1 is 1.12 bits per heavy atom. The summed E-state index contributed by atoms with van der Waals surface area (Å²) in [4.78, 5) is 42.1. The van der Waals surface area contributed by atoms with E-state index in [1.165, 1.54) is 39.6 Å². The van der Waals surface area contributed by atoms with Crippen LogP contribution in [0.15, 0.2) is 69.3 Å². The molecule has 1 amide bonds. The number of nitrogens with two attached hydrogens (primary N) is 1. The fourth-order valence-corrected chi connectivity index (χ4v) is 5.50. The average molecular weight is 494 g/mol. The van der Waals surface area contributed by atoms with E-state index in [1.807, 2.05) is 59.0 Å². The molecule has 5 aromatic rings. The zero-order chi connectivity index (χ0) is 23.8. The number of nitrogen functional groups attached to an aromatic ring is 1. The minimum absolute atomic E-state index is 0.00183. The van der Waals surface area contributed by atoms with Crippen molar-refractivity contribution in [2.75, 3.05) is 23.4 Å². The first-order valence-electron chi connectivity index (χ1n) is 10.2. The Morgan fingerprint density at radius 3 is 2.65 bits per heavy atom. The molecule has 10 nitrogen and oxygen atoms in total. The van der Waals surface area contributed by atoms with Gasteiger partial charge in [-0.25, -0.2) is 4.79 Å². The lowest BCUT2D eigenvalue weighted by Gasteiger charge is -2.20. The smallest absolute Gasteiger partial charge is 0.330 e. The number of anilines is 2. The number of carbonyl (C=O) groups excluding carboxylic acids is 1. The number of amides is 1. The standard InChI is InChI=1S/C22H19N7O3S2/c1-27(17-18(23)28(20(32)24-19(17)31)11-13-7-3-2-4-8-13)16(30)12-33-21-25-26-22-29(21)14-9-5-6-10-15(14)34-22/h2-10H,11-12,23H2,1H3,(H,24,31,32). The van der Waals surface area contributed by atoms with Crippen molar-refractivity contribution in [3.63, 3.8) is 0 Å². The van der Waals surface area contributed by atoms with Crippen LogP contribution in [0.1, 0.15) is 5.56 Å². The average Bonchev–Trinajstić information content (AvgIpc) is 3.40. The molecule has 0 atom stereocenters. The van der Waals surface area contributed by atoms with Gasteiger partial charge in [0.2, 0.25) is 10.9 Å². The number of hydrogen-bond acceptors (Lipinski definition) is 8. The molecular weight excluding hydrogens is 474 g/mol. The third-order valence-corrected chi connectivity index (χ3v) is 7.27. The summed E-state index contributed by atoms with van der Waals surface area (Å²) >= 11 is 2.73. The Labute approximate surface area is 200 Å². The molecule has 172 valence electrons. The van der Waals surface area contributed by atoms with E-state index in [0.717, 1.165) is 20.7 Å². The largest absolute Gasteiger partial charge is 0.383 e. The lowest BCUT2D eigenvalue weighted by Crippen LogP contribution is -2.40. The maximum absolute atomic E-state index is 13.0. The summed E-state index contributed by atoms with van der Waals surface area (Å²) in [6.07, 6.45) is 0. The van der Waals surface area contributed by atoms with Crippen molar-refractivity contribution in [3.8, 4) is 0 Å². The second-order valence-electron chi connectivity index (χ2n) is 7.48. The Balaban J connectivity index is 1.40. The highest BCUT2D eigenvalue weighted by Gasteiger charge is 2.22. The molecular formula is C22H19N7O3S2. The summed E-state index contributed by atoms with van der Waals surface area (Å²) in [5, 5.41) is 8.97. The molecule has 0 fully saturated rings. The second kappa shape index (κ2) is 8.80. The zero-order valence-corrected chi connectivity index (χ0v) is 19.6. The molecule has 0 radical (unpaired) electrons. The Hall–Kier alpha value is -3.90. The monoisotopic (exact) mass is 493 g/mol. The minimum Gasteiger partial charge on any atom is -0.383 e. The number of hydrogen-bond donors (Lipinski definition) is 2. The number of thiazole rings is 1. The summed E-state index contributed by atoms with van der Waals surface area (Å²) in [5.41, 5.74) is 6.56. The third kappa shape index (κ3) is 3.86. The van der Waals surface area contributed by atoms with E-state index in [0.29, 0.717) is 5.16 Å². The van der Waals surface area contributed by atoms with Crippen molar-refractivity contribution in [1.29, 1.82) is 0 Å². The van der Waals surface area contributed by atoms with Gasteiger partial charge in [0, 0.05) is 7.05 Å². The second-order valence-corrected chi connectivity index (χ2v) is 9.43. The van der Waals surface area contributed by atoms with Crippen molar-refractivity contribution in [2.45, 2.75) is 11.7 Å². The molecule has 0 saturated carbocycles. The van der Waals surface area contributed by atoms with Crippen LogP contribution in [-0.2, 0) is 11.3 Å². The topological polar surface area (TPSA) is 131 Å². The fraction of sp³-hybridized carbons (Fsp3) is 0.136. The van der Waals surface area contributed by atoms with E-state index in [-0.39, 0.29) is 29.7 Å². The Morgan fingerprint density at radius 2 is 1.85 bits per heavy atom. The van der Waals surface area contributed by atoms with Gasteiger partial charge in [-0.2, -0.15) is 0 Å². The number of nitrogens with one attached hydrogen (secondary N) is 1. The molecule has 3 aromatic heterocycles. The highest BCUT2D eigenvalue weighted by Crippen LogP contribution is 2.29. The highest BCUT2D eigenvalue weighted by atomic mass is 32.2. The molecule has 3 N–H and O–H groups in total. The van der Waals surface area contributed by atoms with E-state index in [4.69, 9.17) is 5.73 Å². The molecule has 0 saturated heterocycles. The van der Waals surface area contributed by atoms with Crippen LogP contribution >= 0.6 is 23.1 Å². The van der Waals surface area contributed by atoms with Gasteiger partial charge in [0.15, 0.2) is 10.8 Å². The van der Waals surface area contributed by atoms with Gasteiger partial charge >= 0.3 is 5.69 Å². The van der Waals surface area contributed by atoms with Gasteiger partial charge in [-0.05, 0) is 17.7 Å². The minimum atomic E-state index is -0.721. The molecule has 34 heavy (non-hydrogen) atoms. The van der Waals surface area contributed by atoms with E-state index in [2.05, 4.69) is 15.2 Å².